The van der Waals surface area contributed by atoms with Crippen molar-refractivity contribution in [3.8, 4) is 5.75 Å². The van der Waals surface area contributed by atoms with Crippen LogP contribution >= 0.6 is 0 Å². The second-order valence-electron chi connectivity index (χ2n) is 6.48. The van der Waals surface area contributed by atoms with E-state index in [1.165, 1.54) is 6.92 Å². The lowest BCUT2D eigenvalue weighted by Gasteiger charge is -2.36. The molecule has 0 radical (unpaired) electrons. The fraction of sp³-hybridized carbons (Fsp3) is 0.368. The number of aromatic nitrogens is 1. The molecule has 1 amide bonds. The molecule has 1 aliphatic rings. The number of aromatic amines is 1. The molecule has 6 heteroatoms. The van der Waals surface area contributed by atoms with Gasteiger partial charge in [0.15, 0.2) is 5.78 Å². The normalized spacial score (nSPS) is 14.7. The Kier molecular flexibility index (Phi) is 4.53. The average molecular weight is 341 g/mol. The van der Waals surface area contributed by atoms with Crippen molar-refractivity contribution in [3.63, 3.8) is 0 Å². The third-order valence-electron chi connectivity index (χ3n) is 4.79. The topological polar surface area (TPSA) is 76.6 Å². The number of phenols is 1. The maximum atomic E-state index is 12.8. The second kappa shape index (κ2) is 6.63. The van der Waals surface area contributed by atoms with E-state index >= 15 is 0 Å². The summed E-state index contributed by atoms with van der Waals surface area (Å²) in [5.41, 5.74) is 3.65. The van der Waals surface area contributed by atoms with Crippen LogP contribution < -0.4 is 4.90 Å². The lowest BCUT2D eigenvalue weighted by Crippen LogP contribution is -2.49. The minimum atomic E-state index is -0.0570. The highest BCUT2D eigenvalue weighted by Gasteiger charge is 2.26. The summed E-state index contributed by atoms with van der Waals surface area (Å²) in [7, 11) is 0. The first-order chi connectivity index (χ1) is 11.9. The quantitative estimate of drug-likeness (QED) is 0.841. The van der Waals surface area contributed by atoms with E-state index in [9.17, 15) is 14.7 Å². The summed E-state index contributed by atoms with van der Waals surface area (Å²) >= 11 is 0. The molecular weight excluding hydrogens is 318 g/mol. The van der Waals surface area contributed by atoms with E-state index < -0.39 is 0 Å². The molecule has 132 valence electrons. The lowest BCUT2D eigenvalue weighted by molar-refractivity contribution is 0.0740. The number of phenolic OH excluding ortho intramolecular Hbond substituents is 1. The van der Waals surface area contributed by atoms with Crippen molar-refractivity contribution in [2.45, 2.75) is 20.8 Å². The molecule has 6 nitrogen and oxygen atoms in total. The van der Waals surface area contributed by atoms with Crippen LogP contribution in [-0.2, 0) is 0 Å². The molecule has 25 heavy (non-hydrogen) atoms. The SMILES string of the molecule is CC(=O)c1c(C)[nH]c(C(=O)N2CCN(c3ccc(O)cc3)CC2)c1C. The Morgan fingerprint density at radius 1 is 1.04 bits per heavy atom. The number of amides is 1. The number of ketones is 1. The maximum Gasteiger partial charge on any atom is 0.270 e. The summed E-state index contributed by atoms with van der Waals surface area (Å²) in [6.07, 6.45) is 0. The number of H-pyrrole nitrogens is 1. The van der Waals surface area contributed by atoms with Crippen LogP contribution in [0.25, 0.3) is 0 Å². The number of benzene rings is 1. The highest BCUT2D eigenvalue weighted by molar-refractivity contribution is 6.02. The van der Waals surface area contributed by atoms with Crippen molar-refractivity contribution in [2.75, 3.05) is 31.1 Å². The first-order valence-electron chi connectivity index (χ1n) is 8.42. The maximum absolute atomic E-state index is 12.8. The molecule has 0 saturated carbocycles. The van der Waals surface area contributed by atoms with E-state index in [4.69, 9.17) is 0 Å². The first kappa shape index (κ1) is 17.1. The monoisotopic (exact) mass is 341 g/mol. The minimum Gasteiger partial charge on any atom is -0.508 e. The summed E-state index contributed by atoms with van der Waals surface area (Å²) < 4.78 is 0. The van der Waals surface area contributed by atoms with E-state index in [0.717, 1.165) is 30.0 Å². The van der Waals surface area contributed by atoms with Crippen LogP contribution in [0.2, 0.25) is 0 Å². The first-order valence-corrected chi connectivity index (χ1v) is 8.42. The standard InChI is InChI=1S/C19H23N3O3/c1-12-17(14(3)23)13(2)20-18(12)19(25)22-10-8-21(9-11-22)15-4-6-16(24)7-5-15/h4-7,20,24H,8-11H2,1-3H3. The molecule has 3 rings (SSSR count). The molecule has 1 saturated heterocycles. The fourth-order valence-electron chi connectivity index (χ4n) is 3.48. The summed E-state index contributed by atoms with van der Waals surface area (Å²) in [5, 5.41) is 9.39. The van der Waals surface area contributed by atoms with Gasteiger partial charge in [0, 0.05) is 43.1 Å². The van der Waals surface area contributed by atoms with E-state index in [2.05, 4.69) is 9.88 Å². The van der Waals surface area contributed by atoms with Gasteiger partial charge in [-0.1, -0.05) is 0 Å². The van der Waals surface area contributed by atoms with Gasteiger partial charge in [-0.25, -0.2) is 0 Å². The number of nitrogens with one attached hydrogen (secondary N) is 1. The fourth-order valence-corrected chi connectivity index (χ4v) is 3.48. The number of aromatic hydroxyl groups is 1. The summed E-state index contributed by atoms with van der Waals surface area (Å²) in [5.74, 6) is 0.164. The second-order valence-corrected chi connectivity index (χ2v) is 6.48. The minimum absolute atomic E-state index is 0.0255. The van der Waals surface area contributed by atoms with Crippen LogP contribution in [0.5, 0.6) is 5.75 Å². The zero-order chi connectivity index (χ0) is 18.1. The Morgan fingerprint density at radius 2 is 1.64 bits per heavy atom. The molecular formula is C19H23N3O3. The molecule has 2 heterocycles. The predicted molar refractivity (Wildman–Crippen MR) is 96.5 cm³/mol. The van der Waals surface area contributed by atoms with Crippen molar-refractivity contribution in [2.24, 2.45) is 0 Å². The number of anilines is 1. The van der Waals surface area contributed by atoms with Crippen LogP contribution in [0, 0.1) is 13.8 Å². The predicted octanol–water partition coefficient (Wildman–Crippen LogP) is 2.50. The number of nitrogens with zero attached hydrogens (tertiary/aromatic N) is 2. The van der Waals surface area contributed by atoms with E-state index in [0.29, 0.717) is 24.3 Å². The Balaban J connectivity index is 1.71. The summed E-state index contributed by atoms with van der Waals surface area (Å²) in [4.78, 5) is 31.7. The van der Waals surface area contributed by atoms with Gasteiger partial charge >= 0.3 is 0 Å². The van der Waals surface area contributed by atoms with Gasteiger partial charge in [0.2, 0.25) is 0 Å². The molecule has 0 bridgehead atoms. The third kappa shape index (κ3) is 3.24. The number of piperazine rings is 1. The van der Waals surface area contributed by atoms with Gasteiger partial charge in [0.05, 0.1) is 0 Å². The van der Waals surface area contributed by atoms with Crippen molar-refractivity contribution < 1.29 is 14.7 Å². The highest BCUT2D eigenvalue weighted by Crippen LogP contribution is 2.23. The molecule has 0 atom stereocenters. The number of aryl methyl sites for hydroxylation is 1. The average Bonchev–Trinajstić information content (AvgIpc) is 2.89. The number of carbonyl (C=O) groups is 2. The number of carbonyl (C=O) groups excluding carboxylic acids is 2. The highest BCUT2D eigenvalue weighted by atomic mass is 16.3. The molecule has 1 aromatic carbocycles. The molecule has 1 aromatic heterocycles. The van der Waals surface area contributed by atoms with Gasteiger partial charge in [-0.05, 0) is 50.6 Å². The van der Waals surface area contributed by atoms with Gasteiger partial charge in [-0.15, -0.1) is 0 Å². The summed E-state index contributed by atoms with van der Waals surface area (Å²) in [6, 6.07) is 7.09. The largest absolute Gasteiger partial charge is 0.508 e. The molecule has 2 aromatic rings. The Morgan fingerprint density at radius 3 is 2.16 bits per heavy atom. The van der Waals surface area contributed by atoms with Crippen LogP contribution in [0.1, 0.15) is 39.0 Å². The van der Waals surface area contributed by atoms with E-state index in [1.807, 2.05) is 30.9 Å². The van der Waals surface area contributed by atoms with E-state index in [1.54, 1.807) is 12.1 Å². The number of hydrogen-bond acceptors (Lipinski definition) is 4. The Bertz CT molecular complexity index is 800. The van der Waals surface area contributed by atoms with Gasteiger partial charge in [-0.2, -0.15) is 0 Å². The number of Topliss-reactive ketones (excluding diaryl/α,β-unsaturated/α-hetero) is 1. The lowest BCUT2D eigenvalue weighted by atomic mass is 10.1. The zero-order valence-corrected chi connectivity index (χ0v) is 14.8. The van der Waals surface area contributed by atoms with Gasteiger partial charge < -0.3 is 19.9 Å². The zero-order valence-electron chi connectivity index (χ0n) is 14.8. The van der Waals surface area contributed by atoms with Crippen LogP contribution in [-0.4, -0.2) is 52.9 Å². The van der Waals surface area contributed by atoms with Crippen molar-refractivity contribution in [3.05, 3.63) is 46.8 Å². The molecule has 0 aliphatic carbocycles. The van der Waals surface area contributed by atoms with Crippen molar-refractivity contribution >= 4 is 17.4 Å². The van der Waals surface area contributed by atoms with Crippen LogP contribution in [0.4, 0.5) is 5.69 Å². The van der Waals surface area contributed by atoms with Crippen LogP contribution in [0.15, 0.2) is 24.3 Å². The van der Waals surface area contributed by atoms with Crippen molar-refractivity contribution in [1.29, 1.82) is 0 Å². The van der Waals surface area contributed by atoms with Gasteiger partial charge in [0.25, 0.3) is 5.91 Å². The van der Waals surface area contributed by atoms with E-state index in [-0.39, 0.29) is 17.4 Å². The van der Waals surface area contributed by atoms with Crippen LogP contribution in [0.3, 0.4) is 0 Å². The molecule has 0 unspecified atom stereocenters. The Labute approximate surface area is 147 Å². The third-order valence-corrected chi connectivity index (χ3v) is 4.79. The molecule has 2 N–H and O–H groups in total. The number of rotatable bonds is 3. The van der Waals surface area contributed by atoms with Crippen molar-refractivity contribution in [1.82, 2.24) is 9.88 Å². The molecule has 0 spiro atoms. The summed E-state index contributed by atoms with van der Waals surface area (Å²) in [6.45, 7) is 7.86. The molecule has 1 aliphatic heterocycles. The Hall–Kier alpha value is -2.76. The molecule has 1 fully saturated rings. The van der Waals surface area contributed by atoms with Gasteiger partial charge in [0.1, 0.15) is 11.4 Å². The smallest absolute Gasteiger partial charge is 0.270 e. The van der Waals surface area contributed by atoms with Gasteiger partial charge in [-0.3, -0.25) is 9.59 Å². The number of hydrogen-bond donors (Lipinski definition) is 2.